The first-order valence-corrected chi connectivity index (χ1v) is 8.65. The van der Waals surface area contributed by atoms with Gasteiger partial charge in [-0.05, 0) is 23.7 Å². The van der Waals surface area contributed by atoms with Gasteiger partial charge in [-0.25, -0.2) is 4.68 Å². The number of likely N-dealkylation sites (tertiary alicyclic amines) is 1. The van der Waals surface area contributed by atoms with Gasteiger partial charge in [0.2, 0.25) is 0 Å². The van der Waals surface area contributed by atoms with Crippen LogP contribution in [0.15, 0.2) is 21.9 Å². The number of thiophene rings is 1. The minimum atomic E-state index is -0.343. The van der Waals surface area contributed by atoms with E-state index >= 15 is 0 Å². The van der Waals surface area contributed by atoms with Gasteiger partial charge < -0.3 is 13.9 Å². The van der Waals surface area contributed by atoms with Crippen LogP contribution in [0.2, 0.25) is 0 Å². The molecular formula is C14H17N3O3S2. The van der Waals surface area contributed by atoms with Gasteiger partial charge in [-0.15, -0.1) is 16.4 Å². The van der Waals surface area contributed by atoms with Crippen LogP contribution in [0.3, 0.4) is 0 Å². The van der Waals surface area contributed by atoms with E-state index < -0.39 is 0 Å². The molecule has 2 aromatic heterocycles. The Hall–Kier alpha value is -1.06. The van der Waals surface area contributed by atoms with Crippen molar-refractivity contribution in [3.8, 4) is 10.8 Å². The zero-order valence-electron chi connectivity index (χ0n) is 12.1. The molecular weight excluding hydrogens is 322 g/mol. The third kappa shape index (κ3) is 2.77. The van der Waals surface area contributed by atoms with Gasteiger partial charge in [-0.3, -0.25) is 4.90 Å². The zero-order chi connectivity index (χ0) is 15.0. The van der Waals surface area contributed by atoms with E-state index in [9.17, 15) is 0 Å². The number of rotatable bonds is 3. The molecule has 22 heavy (non-hydrogen) atoms. The summed E-state index contributed by atoms with van der Waals surface area (Å²) in [6, 6.07) is 3.96. The van der Waals surface area contributed by atoms with E-state index in [0.29, 0.717) is 30.6 Å². The van der Waals surface area contributed by atoms with E-state index in [4.69, 9.17) is 26.1 Å². The first-order chi connectivity index (χ1) is 10.7. The number of hydrogen-bond donors (Lipinski definition) is 0. The molecule has 0 N–H and O–H groups in total. The van der Waals surface area contributed by atoms with Crippen molar-refractivity contribution in [2.24, 2.45) is 0 Å². The maximum absolute atomic E-state index is 5.75. The second kappa shape index (κ2) is 5.86. The van der Waals surface area contributed by atoms with Gasteiger partial charge in [0.1, 0.15) is 0 Å². The lowest BCUT2D eigenvalue weighted by atomic mass is 10.0. The molecule has 2 saturated heterocycles. The number of piperidine rings is 1. The molecule has 0 bridgehead atoms. The lowest BCUT2D eigenvalue weighted by Gasteiger charge is -2.37. The van der Waals surface area contributed by atoms with Crippen molar-refractivity contribution in [3.05, 3.63) is 22.4 Å². The van der Waals surface area contributed by atoms with Crippen molar-refractivity contribution in [1.82, 2.24) is 14.7 Å². The van der Waals surface area contributed by atoms with Crippen molar-refractivity contribution in [2.45, 2.75) is 25.3 Å². The fourth-order valence-electron chi connectivity index (χ4n) is 2.91. The lowest BCUT2D eigenvalue weighted by molar-refractivity contribution is -0.187. The molecule has 0 aliphatic carbocycles. The van der Waals surface area contributed by atoms with Crippen LogP contribution in [-0.4, -0.2) is 46.8 Å². The fourth-order valence-corrected chi connectivity index (χ4v) is 3.73. The smallest absolute Gasteiger partial charge is 0.288 e. The largest absolute Gasteiger partial charge is 0.408 e. The van der Waals surface area contributed by atoms with Gasteiger partial charge in [0.05, 0.1) is 24.8 Å². The Kier molecular flexibility index (Phi) is 3.87. The fraction of sp³-hybridized carbons (Fsp3) is 0.571. The average molecular weight is 339 g/mol. The molecule has 0 atom stereocenters. The average Bonchev–Trinajstić information content (AvgIpc) is 3.24. The SMILES string of the molecule is S=c1oc(-c2cccs2)nn1CN1CCC2(CC1)OCCO2. The summed E-state index contributed by atoms with van der Waals surface area (Å²) < 4.78 is 18.8. The monoisotopic (exact) mass is 339 g/mol. The van der Waals surface area contributed by atoms with Gasteiger partial charge in [-0.1, -0.05) is 6.07 Å². The Labute approximate surface area is 137 Å². The molecule has 0 saturated carbocycles. The minimum Gasteiger partial charge on any atom is -0.408 e. The second-order valence-corrected chi connectivity index (χ2v) is 6.81. The third-order valence-electron chi connectivity index (χ3n) is 4.10. The maximum atomic E-state index is 5.75. The van der Waals surface area contributed by atoms with Crippen LogP contribution < -0.4 is 0 Å². The molecule has 118 valence electrons. The minimum absolute atomic E-state index is 0.343. The van der Waals surface area contributed by atoms with Gasteiger partial charge >= 0.3 is 0 Å². The topological polar surface area (TPSA) is 52.7 Å². The number of aromatic nitrogens is 2. The highest BCUT2D eigenvalue weighted by Gasteiger charge is 2.39. The quantitative estimate of drug-likeness (QED) is 0.802. The summed E-state index contributed by atoms with van der Waals surface area (Å²) in [6.07, 6.45) is 1.77. The van der Waals surface area contributed by atoms with Crippen molar-refractivity contribution in [1.29, 1.82) is 0 Å². The molecule has 0 amide bonds. The van der Waals surface area contributed by atoms with Crippen LogP contribution in [0.1, 0.15) is 12.8 Å². The van der Waals surface area contributed by atoms with E-state index in [1.165, 1.54) is 0 Å². The normalized spacial score (nSPS) is 21.6. The molecule has 8 heteroatoms. The van der Waals surface area contributed by atoms with Crippen molar-refractivity contribution in [2.75, 3.05) is 26.3 Å². The molecule has 6 nitrogen and oxygen atoms in total. The van der Waals surface area contributed by atoms with Crippen LogP contribution in [0, 0.1) is 4.84 Å². The molecule has 2 aliphatic rings. The molecule has 2 aromatic rings. The van der Waals surface area contributed by atoms with E-state index in [-0.39, 0.29) is 5.79 Å². The molecule has 0 unspecified atom stereocenters. The highest BCUT2D eigenvalue weighted by Crippen LogP contribution is 2.31. The van der Waals surface area contributed by atoms with E-state index in [2.05, 4.69) is 10.00 Å². The van der Waals surface area contributed by atoms with Gasteiger partial charge in [0, 0.05) is 25.9 Å². The third-order valence-corrected chi connectivity index (χ3v) is 5.26. The first-order valence-electron chi connectivity index (χ1n) is 7.36. The second-order valence-electron chi connectivity index (χ2n) is 5.52. The Bertz CT molecular complexity index is 679. The van der Waals surface area contributed by atoms with E-state index in [1.54, 1.807) is 16.0 Å². The van der Waals surface area contributed by atoms with Crippen LogP contribution in [0.4, 0.5) is 0 Å². The molecule has 2 fully saturated rings. The first kappa shape index (κ1) is 14.5. The number of nitrogens with zero attached hydrogens (tertiary/aromatic N) is 3. The van der Waals surface area contributed by atoms with Gasteiger partial charge in [0.25, 0.3) is 10.7 Å². The standard InChI is InChI=1S/C14H17N3O3S2/c21-13-17(15-12(20-13)11-2-1-9-22-11)10-16-5-3-14(4-6-16)18-7-8-19-14/h1-2,9H,3-8,10H2. The molecule has 0 aromatic carbocycles. The van der Waals surface area contributed by atoms with Crippen LogP contribution in [0.5, 0.6) is 0 Å². The van der Waals surface area contributed by atoms with Crippen LogP contribution in [-0.2, 0) is 16.1 Å². The highest BCUT2D eigenvalue weighted by atomic mass is 32.1. The number of hydrogen-bond acceptors (Lipinski definition) is 7. The Balaban J connectivity index is 1.43. The van der Waals surface area contributed by atoms with Crippen molar-refractivity contribution in [3.63, 3.8) is 0 Å². The zero-order valence-corrected chi connectivity index (χ0v) is 13.7. The Morgan fingerprint density at radius 2 is 2.05 bits per heavy atom. The Morgan fingerprint density at radius 3 is 2.73 bits per heavy atom. The molecule has 0 radical (unpaired) electrons. The summed E-state index contributed by atoms with van der Waals surface area (Å²) >= 11 is 6.87. The molecule has 1 spiro atoms. The predicted molar refractivity (Wildman–Crippen MR) is 84.1 cm³/mol. The van der Waals surface area contributed by atoms with E-state index in [1.807, 2.05) is 17.5 Å². The Morgan fingerprint density at radius 1 is 1.27 bits per heavy atom. The summed E-state index contributed by atoms with van der Waals surface area (Å²) in [6.45, 7) is 3.87. The molecule has 4 rings (SSSR count). The summed E-state index contributed by atoms with van der Waals surface area (Å²) in [7, 11) is 0. The highest BCUT2D eigenvalue weighted by molar-refractivity contribution is 7.71. The van der Waals surface area contributed by atoms with Crippen molar-refractivity contribution < 1.29 is 13.9 Å². The van der Waals surface area contributed by atoms with E-state index in [0.717, 1.165) is 30.8 Å². The van der Waals surface area contributed by atoms with Gasteiger partial charge in [0.15, 0.2) is 5.79 Å². The summed E-state index contributed by atoms with van der Waals surface area (Å²) in [5.74, 6) is 0.250. The predicted octanol–water partition coefficient (Wildman–Crippen LogP) is 2.73. The lowest BCUT2D eigenvalue weighted by Crippen LogP contribution is -2.45. The maximum Gasteiger partial charge on any atom is 0.288 e. The summed E-state index contributed by atoms with van der Waals surface area (Å²) in [5.41, 5.74) is 0. The summed E-state index contributed by atoms with van der Waals surface area (Å²) in [4.78, 5) is 3.71. The van der Waals surface area contributed by atoms with Crippen molar-refractivity contribution >= 4 is 23.6 Å². The van der Waals surface area contributed by atoms with Crippen LogP contribution in [0.25, 0.3) is 10.8 Å². The van der Waals surface area contributed by atoms with Gasteiger partial charge in [-0.2, -0.15) is 0 Å². The number of ether oxygens (including phenoxy) is 2. The summed E-state index contributed by atoms with van der Waals surface area (Å²) in [5, 5.41) is 6.49. The molecule has 4 heterocycles. The van der Waals surface area contributed by atoms with Crippen LogP contribution >= 0.6 is 23.6 Å². The molecule has 2 aliphatic heterocycles.